The van der Waals surface area contributed by atoms with Gasteiger partial charge in [-0.2, -0.15) is 13.2 Å². The third-order valence-electron chi connectivity index (χ3n) is 4.20. The largest absolute Gasteiger partial charge is 0.405 e. The van der Waals surface area contributed by atoms with Gasteiger partial charge in [-0.3, -0.25) is 4.79 Å². The molecule has 3 rings (SSSR count). The minimum atomic E-state index is -4.46. The van der Waals surface area contributed by atoms with Gasteiger partial charge in [-0.25, -0.2) is 4.98 Å². The number of thiazole rings is 1. The van der Waals surface area contributed by atoms with Gasteiger partial charge in [0, 0.05) is 6.42 Å². The molecule has 1 aromatic heterocycles. The molecule has 26 heavy (non-hydrogen) atoms. The molecule has 0 unspecified atom stereocenters. The standard InChI is InChI=1S/C19H17F3N2OS/c1-18(13-7-3-2-4-8-13,17(25)23-12-19(20,21)22)11-16-24-14-9-5-6-10-15(14)26-16/h2-10H,11-12H2,1H3,(H,23,25)/t18-/m1/s1. The first-order valence-corrected chi connectivity index (χ1v) is 8.85. The summed E-state index contributed by atoms with van der Waals surface area (Å²) in [5.74, 6) is -0.666. The van der Waals surface area contributed by atoms with Gasteiger partial charge in [0.25, 0.3) is 0 Å². The second-order valence-electron chi connectivity index (χ2n) is 6.25. The Hall–Kier alpha value is -2.41. The zero-order valence-corrected chi connectivity index (χ0v) is 14.8. The Morgan fingerprint density at radius 3 is 2.38 bits per heavy atom. The molecule has 0 aliphatic carbocycles. The van der Waals surface area contributed by atoms with Crippen molar-refractivity contribution >= 4 is 27.5 Å². The van der Waals surface area contributed by atoms with Crippen molar-refractivity contribution in [2.75, 3.05) is 6.54 Å². The smallest absolute Gasteiger partial charge is 0.346 e. The maximum Gasteiger partial charge on any atom is 0.405 e. The van der Waals surface area contributed by atoms with Crippen LogP contribution in [0.3, 0.4) is 0 Å². The summed E-state index contributed by atoms with van der Waals surface area (Å²) in [5, 5.41) is 2.74. The molecule has 0 bridgehead atoms. The van der Waals surface area contributed by atoms with Gasteiger partial charge in [-0.05, 0) is 24.6 Å². The molecular formula is C19H17F3N2OS. The van der Waals surface area contributed by atoms with Crippen molar-refractivity contribution in [3.8, 4) is 0 Å². The second-order valence-corrected chi connectivity index (χ2v) is 7.36. The number of benzene rings is 2. The highest BCUT2D eigenvalue weighted by Gasteiger charge is 2.38. The van der Waals surface area contributed by atoms with Crippen molar-refractivity contribution in [2.45, 2.75) is 24.9 Å². The van der Waals surface area contributed by atoms with Crippen LogP contribution in [0.1, 0.15) is 17.5 Å². The Kier molecular flexibility index (Phi) is 5.00. The van der Waals surface area contributed by atoms with Gasteiger partial charge >= 0.3 is 6.18 Å². The number of para-hydroxylation sites is 1. The van der Waals surface area contributed by atoms with E-state index in [4.69, 9.17) is 0 Å². The average molecular weight is 378 g/mol. The number of alkyl halides is 3. The Morgan fingerprint density at radius 1 is 1.08 bits per heavy atom. The Morgan fingerprint density at radius 2 is 1.73 bits per heavy atom. The van der Waals surface area contributed by atoms with Gasteiger partial charge in [0.1, 0.15) is 6.54 Å². The number of hydrogen-bond acceptors (Lipinski definition) is 3. The van der Waals surface area contributed by atoms with E-state index >= 15 is 0 Å². The number of rotatable bonds is 5. The molecule has 7 heteroatoms. The fraction of sp³-hybridized carbons (Fsp3) is 0.263. The van der Waals surface area contributed by atoms with E-state index in [1.54, 1.807) is 37.3 Å². The van der Waals surface area contributed by atoms with Crippen LogP contribution >= 0.6 is 11.3 Å². The molecule has 0 spiro atoms. The lowest BCUT2D eigenvalue weighted by atomic mass is 9.78. The zero-order chi connectivity index (χ0) is 18.8. The first-order valence-electron chi connectivity index (χ1n) is 8.03. The summed E-state index contributed by atoms with van der Waals surface area (Å²) in [5.41, 5.74) is 0.318. The number of nitrogens with zero attached hydrogens (tertiary/aromatic N) is 1. The maximum absolute atomic E-state index is 12.7. The van der Waals surface area contributed by atoms with Crippen LogP contribution in [0.5, 0.6) is 0 Å². The molecule has 3 nitrogen and oxygen atoms in total. The minimum Gasteiger partial charge on any atom is -0.346 e. The van der Waals surface area contributed by atoms with E-state index < -0.39 is 24.0 Å². The van der Waals surface area contributed by atoms with Crippen molar-refractivity contribution < 1.29 is 18.0 Å². The summed E-state index contributed by atoms with van der Waals surface area (Å²) in [4.78, 5) is 17.2. The number of aromatic nitrogens is 1. The van der Waals surface area contributed by atoms with Crippen molar-refractivity contribution in [2.24, 2.45) is 0 Å². The molecule has 0 aliphatic rings. The number of halogens is 3. The number of amides is 1. The minimum absolute atomic E-state index is 0.222. The van der Waals surface area contributed by atoms with Gasteiger partial charge in [0.05, 0.1) is 20.6 Å². The topological polar surface area (TPSA) is 42.0 Å². The van der Waals surface area contributed by atoms with Gasteiger partial charge in [0.2, 0.25) is 5.91 Å². The quantitative estimate of drug-likeness (QED) is 0.712. The summed E-state index contributed by atoms with van der Waals surface area (Å²) in [7, 11) is 0. The number of carbonyl (C=O) groups is 1. The molecule has 3 aromatic rings. The third kappa shape index (κ3) is 4.04. The fourth-order valence-electron chi connectivity index (χ4n) is 2.79. The predicted octanol–water partition coefficient (Wildman–Crippen LogP) is 4.48. The number of hydrogen-bond donors (Lipinski definition) is 1. The molecule has 0 saturated heterocycles. The van der Waals surface area contributed by atoms with Crippen LogP contribution in [-0.2, 0) is 16.6 Å². The van der Waals surface area contributed by atoms with Crippen LogP contribution in [0.4, 0.5) is 13.2 Å². The zero-order valence-electron chi connectivity index (χ0n) is 14.0. The van der Waals surface area contributed by atoms with Crippen LogP contribution in [-0.4, -0.2) is 23.6 Å². The summed E-state index contributed by atoms with van der Waals surface area (Å²) < 4.78 is 38.6. The molecule has 0 saturated carbocycles. The molecule has 1 heterocycles. The maximum atomic E-state index is 12.7. The molecule has 1 atom stereocenters. The number of nitrogens with one attached hydrogen (secondary N) is 1. The molecular weight excluding hydrogens is 361 g/mol. The number of carbonyl (C=O) groups excluding carboxylic acids is 1. The number of fused-ring (bicyclic) bond motifs is 1. The van der Waals surface area contributed by atoms with Crippen molar-refractivity contribution in [3.63, 3.8) is 0 Å². The summed E-state index contributed by atoms with van der Waals surface area (Å²) in [6, 6.07) is 16.4. The predicted molar refractivity (Wildman–Crippen MR) is 96.2 cm³/mol. The average Bonchev–Trinajstić information content (AvgIpc) is 3.01. The van der Waals surface area contributed by atoms with E-state index in [0.29, 0.717) is 10.6 Å². The molecule has 136 valence electrons. The molecule has 2 aromatic carbocycles. The van der Waals surface area contributed by atoms with E-state index in [0.717, 1.165) is 10.2 Å². The van der Waals surface area contributed by atoms with Crippen LogP contribution < -0.4 is 5.32 Å². The fourth-order valence-corrected chi connectivity index (χ4v) is 3.92. The van der Waals surface area contributed by atoms with Crippen LogP contribution in [0.2, 0.25) is 0 Å². The van der Waals surface area contributed by atoms with E-state index in [2.05, 4.69) is 4.98 Å². The van der Waals surface area contributed by atoms with Gasteiger partial charge in [0.15, 0.2) is 0 Å². The summed E-state index contributed by atoms with van der Waals surface area (Å²) in [6.07, 6.45) is -4.23. The van der Waals surface area contributed by atoms with Crippen molar-refractivity contribution in [1.29, 1.82) is 0 Å². The van der Waals surface area contributed by atoms with Gasteiger partial charge in [-0.15, -0.1) is 11.3 Å². The van der Waals surface area contributed by atoms with Crippen LogP contribution in [0.25, 0.3) is 10.2 Å². The first-order chi connectivity index (χ1) is 12.3. The highest BCUT2D eigenvalue weighted by molar-refractivity contribution is 7.18. The van der Waals surface area contributed by atoms with Gasteiger partial charge in [-0.1, -0.05) is 42.5 Å². The second kappa shape index (κ2) is 7.07. The molecule has 0 fully saturated rings. The van der Waals surface area contributed by atoms with Crippen molar-refractivity contribution in [1.82, 2.24) is 10.3 Å². The highest BCUT2D eigenvalue weighted by Crippen LogP contribution is 2.32. The van der Waals surface area contributed by atoms with Gasteiger partial charge < -0.3 is 5.32 Å². The van der Waals surface area contributed by atoms with E-state index in [1.807, 2.05) is 29.6 Å². The van der Waals surface area contributed by atoms with E-state index in [9.17, 15) is 18.0 Å². The summed E-state index contributed by atoms with van der Waals surface area (Å²) >= 11 is 1.45. The Bertz CT molecular complexity index is 875. The van der Waals surface area contributed by atoms with Crippen LogP contribution in [0.15, 0.2) is 54.6 Å². The summed E-state index contributed by atoms with van der Waals surface area (Å²) in [6.45, 7) is 0.300. The SMILES string of the molecule is C[C@](Cc1nc2ccccc2s1)(C(=O)NCC(F)(F)F)c1ccccc1. The lowest BCUT2D eigenvalue weighted by Crippen LogP contribution is -2.46. The molecule has 0 aliphatic heterocycles. The Labute approximate surface area is 152 Å². The van der Waals surface area contributed by atoms with Crippen LogP contribution in [0, 0.1) is 0 Å². The normalized spacial score (nSPS) is 14.2. The lowest BCUT2D eigenvalue weighted by molar-refractivity contribution is -0.141. The lowest BCUT2D eigenvalue weighted by Gasteiger charge is -2.28. The third-order valence-corrected chi connectivity index (χ3v) is 5.24. The Balaban J connectivity index is 1.93. The molecule has 1 N–H and O–H groups in total. The van der Waals surface area contributed by atoms with E-state index in [1.165, 1.54) is 11.3 Å². The monoisotopic (exact) mass is 378 g/mol. The first kappa shape index (κ1) is 18.4. The highest BCUT2D eigenvalue weighted by atomic mass is 32.1. The molecule has 0 radical (unpaired) electrons. The van der Waals surface area contributed by atoms with E-state index in [-0.39, 0.29) is 6.42 Å². The van der Waals surface area contributed by atoms with Crippen molar-refractivity contribution in [3.05, 3.63) is 65.2 Å². The molecule has 1 amide bonds.